The van der Waals surface area contributed by atoms with E-state index in [1.54, 1.807) is 6.20 Å². The first-order valence-corrected chi connectivity index (χ1v) is 6.52. The Morgan fingerprint density at radius 3 is 2.56 bits per heavy atom. The molecule has 0 saturated heterocycles. The van der Waals surface area contributed by atoms with Crippen molar-refractivity contribution in [3.8, 4) is 11.3 Å². The topological polar surface area (TPSA) is 38.7 Å². The average molecular weight is 239 g/mol. The number of rotatable bonds is 3. The van der Waals surface area contributed by atoms with Crippen LogP contribution >= 0.6 is 0 Å². The minimum atomic E-state index is 0.399. The normalized spacial score (nSPS) is 15.1. The molecule has 2 aromatic rings. The Morgan fingerprint density at radius 2 is 1.94 bits per heavy atom. The van der Waals surface area contributed by atoms with Crippen LogP contribution in [-0.2, 0) is 0 Å². The highest BCUT2D eigenvalue weighted by Gasteiger charge is 2.24. The number of hydrogen-bond donors (Lipinski definition) is 0. The van der Waals surface area contributed by atoms with Crippen LogP contribution in [-0.4, -0.2) is 15.0 Å². The maximum Gasteiger partial charge on any atom is 0.0904 e. The summed E-state index contributed by atoms with van der Waals surface area (Å²) in [5.74, 6) is 1.10. The van der Waals surface area contributed by atoms with Crippen LogP contribution in [0.3, 0.4) is 0 Å². The Bertz CT molecular complexity index is 542. The van der Waals surface area contributed by atoms with Crippen molar-refractivity contribution in [1.29, 1.82) is 0 Å². The molecule has 1 aliphatic carbocycles. The van der Waals surface area contributed by atoms with Crippen molar-refractivity contribution in [2.24, 2.45) is 0 Å². The van der Waals surface area contributed by atoms with Crippen LogP contribution in [0.2, 0.25) is 0 Å². The van der Waals surface area contributed by atoms with Gasteiger partial charge < -0.3 is 0 Å². The van der Waals surface area contributed by atoms with Crippen LogP contribution in [0.4, 0.5) is 0 Å². The molecular weight excluding hydrogens is 222 g/mol. The van der Waals surface area contributed by atoms with Gasteiger partial charge in [-0.25, -0.2) is 4.98 Å². The second kappa shape index (κ2) is 4.48. The fourth-order valence-corrected chi connectivity index (χ4v) is 1.98. The summed E-state index contributed by atoms with van der Waals surface area (Å²) in [7, 11) is 0. The summed E-state index contributed by atoms with van der Waals surface area (Å²) < 4.78 is 0. The van der Waals surface area contributed by atoms with Crippen molar-refractivity contribution in [3.05, 3.63) is 42.1 Å². The van der Waals surface area contributed by atoms with E-state index in [9.17, 15) is 0 Å². The van der Waals surface area contributed by atoms with Crippen molar-refractivity contribution < 1.29 is 0 Å². The molecule has 3 heteroatoms. The number of hydrogen-bond acceptors (Lipinski definition) is 3. The van der Waals surface area contributed by atoms with Crippen LogP contribution in [0, 0.1) is 0 Å². The second-order valence-corrected chi connectivity index (χ2v) is 5.23. The molecule has 2 heterocycles. The van der Waals surface area contributed by atoms with Gasteiger partial charge in [0.2, 0.25) is 0 Å². The first-order valence-electron chi connectivity index (χ1n) is 6.52. The van der Waals surface area contributed by atoms with Crippen LogP contribution in [0.25, 0.3) is 11.3 Å². The lowest BCUT2D eigenvalue weighted by atomic mass is 10.1. The lowest BCUT2D eigenvalue weighted by Gasteiger charge is -2.06. The molecule has 0 amide bonds. The maximum atomic E-state index is 4.63. The van der Waals surface area contributed by atoms with Gasteiger partial charge in [-0.1, -0.05) is 13.8 Å². The molecule has 0 bridgehead atoms. The summed E-state index contributed by atoms with van der Waals surface area (Å²) in [6.07, 6.45) is 8.13. The summed E-state index contributed by atoms with van der Waals surface area (Å²) in [6.45, 7) is 4.25. The Hall–Kier alpha value is -1.77. The van der Waals surface area contributed by atoms with E-state index >= 15 is 0 Å². The van der Waals surface area contributed by atoms with Gasteiger partial charge in [0, 0.05) is 29.6 Å². The fourth-order valence-electron chi connectivity index (χ4n) is 1.98. The largest absolute Gasteiger partial charge is 0.261 e. The van der Waals surface area contributed by atoms with E-state index in [1.807, 2.05) is 12.4 Å². The van der Waals surface area contributed by atoms with E-state index in [0.29, 0.717) is 11.8 Å². The summed E-state index contributed by atoms with van der Waals surface area (Å²) in [4.78, 5) is 13.4. The van der Waals surface area contributed by atoms with Gasteiger partial charge in [-0.2, -0.15) is 0 Å². The molecule has 0 atom stereocenters. The molecule has 0 radical (unpaired) electrons. The Morgan fingerprint density at radius 1 is 1.11 bits per heavy atom. The molecule has 1 saturated carbocycles. The zero-order valence-electron chi connectivity index (χ0n) is 10.8. The zero-order chi connectivity index (χ0) is 12.5. The minimum Gasteiger partial charge on any atom is -0.261 e. The second-order valence-electron chi connectivity index (χ2n) is 5.23. The van der Waals surface area contributed by atoms with Crippen molar-refractivity contribution in [3.63, 3.8) is 0 Å². The lowest BCUT2D eigenvalue weighted by molar-refractivity contribution is 0.813. The molecule has 92 valence electrons. The quantitative estimate of drug-likeness (QED) is 0.822. The van der Waals surface area contributed by atoms with Crippen LogP contribution in [0.1, 0.15) is 49.9 Å². The molecular formula is C15H17N3. The Labute approximate surface area is 107 Å². The third kappa shape index (κ3) is 2.26. The molecule has 18 heavy (non-hydrogen) atoms. The van der Waals surface area contributed by atoms with E-state index < -0.39 is 0 Å². The lowest BCUT2D eigenvalue weighted by Crippen LogP contribution is -1.96. The van der Waals surface area contributed by atoms with Gasteiger partial charge in [-0.3, -0.25) is 9.97 Å². The molecule has 3 rings (SSSR count). The summed E-state index contributed by atoms with van der Waals surface area (Å²) in [5, 5.41) is 0. The molecule has 3 nitrogen and oxygen atoms in total. The highest BCUT2D eigenvalue weighted by atomic mass is 14.8. The van der Waals surface area contributed by atoms with Gasteiger partial charge in [0.1, 0.15) is 0 Å². The molecule has 0 N–H and O–H groups in total. The Kier molecular flexibility index (Phi) is 2.82. The summed E-state index contributed by atoms with van der Waals surface area (Å²) >= 11 is 0. The SMILES string of the molecule is CC(C)c1cncc(-c2ccc(C3CC3)nc2)n1. The van der Waals surface area contributed by atoms with Gasteiger partial charge >= 0.3 is 0 Å². The van der Waals surface area contributed by atoms with Crippen LogP contribution < -0.4 is 0 Å². The molecule has 0 aromatic carbocycles. The van der Waals surface area contributed by atoms with Gasteiger partial charge in [0.25, 0.3) is 0 Å². The third-order valence-electron chi connectivity index (χ3n) is 3.32. The molecule has 0 aliphatic heterocycles. The van der Waals surface area contributed by atoms with Gasteiger partial charge in [0.05, 0.1) is 17.6 Å². The zero-order valence-corrected chi connectivity index (χ0v) is 10.8. The fraction of sp³-hybridized carbons (Fsp3) is 0.400. The van der Waals surface area contributed by atoms with Gasteiger partial charge in [-0.05, 0) is 30.9 Å². The Balaban J connectivity index is 1.91. The van der Waals surface area contributed by atoms with Gasteiger partial charge in [0.15, 0.2) is 0 Å². The minimum absolute atomic E-state index is 0.399. The molecule has 0 unspecified atom stereocenters. The first-order chi connectivity index (χ1) is 8.74. The number of aromatic nitrogens is 3. The summed E-state index contributed by atoms with van der Waals surface area (Å²) in [5.41, 5.74) is 4.20. The smallest absolute Gasteiger partial charge is 0.0904 e. The maximum absolute atomic E-state index is 4.63. The van der Waals surface area contributed by atoms with Crippen LogP contribution in [0.5, 0.6) is 0 Å². The first kappa shape index (κ1) is 11.3. The summed E-state index contributed by atoms with van der Waals surface area (Å²) in [6, 6.07) is 4.23. The monoisotopic (exact) mass is 239 g/mol. The highest BCUT2D eigenvalue weighted by Crippen LogP contribution is 2.39. The van der Waals surface area contributed by atoms with Crippen molar-refractivity contribution >= 4 is 0 Å². The highest BCUT2D eigenvalue weighted by molar-refractivity contribution is 5.57. The van der Waals surface area contributed by atoms with Crippen molar-refractivity contribution in [1.82, 2.24) is 15.0 Å². The third-order valence-corrected chi connectivity index (χ3v) is 3.32. The molecule has 1 aliphatic rings. The van der Waals surface area contributed by atoms with E-state index in [1.165, 1.54) is 18.5 Å². The molecule has 2 aromatic heterocycles. The molecule has 1 fully saturated rings. The van der Waals surface area contributed by atoms with Gasteiger partial charge in [-0.15, -0.1) is 0 Å². The van der Waals surface area contributed by atoms with E-state index in [-0.39, 0.29) is 0 Å². The number of nitrogens with zero attached hydrogens (tertiary/aromatic N) is 3. The van der Waals surface area contributed by atoms with E-state index in [2.05, 4.69) is 40.9 Å². The standard InChI is InChI=1S/C15H17N3/c1-10(2)14-8-16-9-15(18-14)12-5-6-13(17-7-12)11-3-4-11/h5-11H,3-4H2,1-2H3. The average Bonchev–Trinajstić information content (AvgIpc) is 3.23. The predicted molar refractivity (Wildman–Crippen MR) is 71.3 cm³/mol. The number of pyridine rings is 1. The van der Waals surface area contributed by atoms with E-state index in [0.717, 1.165) is 17.0 Å². The van der Waals surface area contributed by atoms with Crippen molar-refractivity contribution in [2.45, 2.75) is 38.5 Å². The predicted octanol–water partition coefficient (Wildman–Crippen LogP) is 3.54. The van der Waals surface area contributed by atoms with Crippen molar-refractivity contribution in [2.75, 3.05) is 0 Å². The molecule has 0 spiro atoms. The van der Waals surface area contributed by atoms with E-state index in [4.69, 9.17) is 0 Å². The van der Waals surface area contributed by atoms with Crippen LogP contribution in [0.15, 0.2) is 30.7 Å².